The zero-order valence-electron chi connectivity index (χ0n) is 16.0. The Balaban J connectivity index is 1.46. The van der Waals surface area contributed by atoms with Gasteiger partial charge in [0.25, 0.3) is 5.91 Å². The number of ether oxygens (including phenoxy) is 1. The van der Waals surface area contributed by atoms with Crippen molar-refractivity contribution in [2.75, 3.05) is 5.32 Å². The molecule has 0 atom stereocenters. The molecule has 1 N–H and O–H groups in total. The molecule has 2 aromatic carbocycles. The van der Waals surface area contributed by atoms with Crippen LogP contribution in [0, 0.1) is 13.8 Å². The minimum Gasteiger partial charge on any atom is -0.439 e. The summed E-state index contributed by atoms with van der Waals surface area (Å²) < 4.78 is 7.72. The second-order valence-electron chi connectivity index (χ2n) is 6.45. The van der Waals surface area contributed by atoms with E-state index in [1.54, 1.807) is 48.8 Å². The largest absolute Gasteiger partial charge is 0.439 e. The fraction of sp³-hybridized carbons (Fsp3) is 0.0909. The van der Waals surface area contributed by atoms with Gasteiger partial charge in [0.15, 0.2) is 0 Å². The van der Waals surface area contributed by atoms with Crippen LogP contribution in [0.5, 0.6) is 11.6 Å². The maximum atomic E-state index is 12.2. The van der Waals surface area contributed by atoms with Gasteiger partial charge in [-0.3, -0.25) is 9.36 Å². The van der Waals surface area contributed by atoms with E-state index in [4.69, 9.17) is 4.74 Å². The van der Waals surface area contributed by atoms with Gasteiger partial charge < -0.3 is 10.1 Å². The van der Waals surface area contributed by atoms with E-state index in [1.807, 2.05) is 36.6 Å². The predicted molar refractivity (Wildman–Crippen MR) is 110 cm³/mol. The fourth-order valence-electron chi connectivity index (χ4n) is 2.77. The highest BCUT2D eigenvalue weighted by molar-refractivity contribution is 6.04. The molecule has 0 aliphatic carbocycles. The van der Waals surface area contributed by atoms with E-state index in [2.05, 4.69) is 20.3 Å². The molecule has 0 fully saturated rings. The van der Waals surface area contributed by atoms with Gasteiger partial charge in [-0.15, -0.1) is 0 Å². The lowest BCUT2D eigenvalue weighted by Crippen LogP contribution is -2.11. The predicted octanol–water partition coefficient (Wildman–Crippen LogP) is 4.32. The Kier molecular flexibility index (Phi) is 5.03. The Bertz CT molecular complexity index is 1140. The van der Waals surface area contributed by atoms with Gasteiger partial charge >= 0.3 is 0 Å². The van der Waals surface area contributed by atoms with Crippen LogP contribution in [0.4, 0.5) is 5.69 Å². The molecule has 7 nitrogen and oxygen atoms in total. The Morgan fingerprint density at radius 3 is 2.41 bits per heavy atom. The Hall–Kier alpha value is -4.00. The van der Waals surface area contributed by atoms with Crippen molar-refractivity contribution in [3.63, 3.8) is 0 Å². The summed E-state index contributed by atoms with van der Waals surface area (Å²) in [7, 11) is 0. The Morgan fingerprint density at radius 2 is 1.72 bits per heavy atom. The number of aromatic nitrogens is 4. The molecule has 0 bridgehead atoms. The van der Waals surface area contributed by atoms with Gasteiger partial charge in [0.05, 0.1) is 5.69 Å². The molecule has 2 heterocycles. The number of rotatable bonds is 5. The monoisotopic (exact) mass is 385 g/mol. The number of hydrogen-bond acceptors (Lipinski definition) is 5. The lowest BCUT2D eigenvalue weighted by Gasteiger charge is -2.09. The number of nitrogens with one attached hydrogen (secondary N) is 1. The van der Waals surface area contributed by atoms with E-state index in [1.165, 1.54) is 6.33 Å². The highest BCUT2D eigenvalue weighted by atomic mass is 16.5. The number of amides is 1. The second kappa shape index (κ2) is 7.93. The molecule has 2 aromatic heterocycles. The molecule has 7 heteroatoms. The van der Waals surface area contributed by atoms with Gasteiger partial charge in [-0.2, -0.15) is 0 Å². The average molecular weight is 385 g/mol. The molecule has 0 aliphatic rings. The highest BCUT2D eigenvalue weighted by Crippen LogP contribution is 2.23. The van der Waals surface area contributed by atoms with Crippen LogP contribution < -0.4 is 10.1 Å². The van der Waals surface area contributed by atoms with Crippen LogP contribution in [0.3, 0.4) is 0 Å². The molecule has 29 heavy (non-hydrogen) atoms. The molecule has 0 spiro atoms. The second-order valence-corrected chi connectivity index (χ2v) is 6.45. The SMILES string of the molecule is Cc1ncn(-c2cc(Oc3ccc(NC(=O)c4ccccc4)cc3)ncn2)c1C. The van der Waals surface area contributed by atoms with Crippen LogP contribution in [-0.4, -0.2) is 25.4 Å². The first-order valence-electron chi connectivity index (χ1n) is 9.07. The van der Waals surface area contributed by atoms with Crippen molar-refractivity contribution in [1.29, 1.82) is 0 Å². The summed E-state index contributed by atoms with van der Waals surface area (Å²) in [5.41, 5.74) is 3.23. The minimum absolute atomic E-state index is 0.161. The number of imidazole rings is 1. The lowest BCUT2D eigenvalue weighted by atomic mass is 10.2. The highest BCUT2D eigenvalue weighted by Gasteiger charge is 2.09. The normalized spacial score (nSPS) is 10.6. The van der Waals surface area contributed by atoms with Crippen molar-refractivity contribution in [2.45, 2.75) is 13.8 Å². The number of nitrogens with zero attached hydrogens (tertiary/aromatic N) is 4. The number of anilines is 1. The molecule has 144 valence electrons. The topological polar surface area (TPSA) is 81.9 Å². The van der Waals surface area contributed by atoms with E-state index >= 15 is 0 Å². The van der Waals surface area contributed by atoms with Gasteiger partial charge in [0.2, 0.25) is 5.88 Å². The third-order valence-electron chi connectivity index (χ3n) is 4.50. The van der Waals surface area contributed by atoms with Crippen LogP contribution in [-0.2, 0) is 0 Å². The molecule has 0 unspecified atom stereocenters. The molecule has 4 aromatic rings. The van der Waals surface area contributed by atoms with Crippen LogP contribution in [0.1, 0.15) is 21.7 Å². The van der Waals surface area contributed by atoms with Crippen LogP contribution in [0.2, 0.25) is 0 Å². The third-order valence-corrected chi connectivity index (χ3v) is 4.50. The Morgan fingerprint density at radius 1 is 0.966 bits per heavy atom. The van der Waals surface area contributed by atoms with E-state index < -0.39 is 0 Å². The minimum atomic E-state index is -0.161. The van der Waals surface area contributed by atoms with E-state index in [-0.39, 0.29) is 5.91 Å². The first kappa shape index (κ1) is 18.4. The van der Waals surface area contributed by atoms with Crippen molar-refractivity contribution < 1.29 is 9.53 Å². The zero-order chi connectivity index (χ0) is 20.2. The number of benzene rings is 2. The fourth-order valence-corrected chi connectivity index (χ4v) is 2.77. The lowest BCUT2D eigenvalue weighted by molar-refractivity contribution is 0.102. The van der Waals surface area contributed by atoms with Crippen LogP contribution in [0.15, 0.2) is 73.3 Å². The first-order valence-corrected chi connectivity index (χ1v) is 9.07. The van der Waals surface area contributed by atoms with Crippen molar-refractivity contribution in [3.05, 3.63) is 90.3 Å². The Labute approximate surface area is 168 Å². The third kappa shape index (κ3) is 4.14. The van der Waals surface area contributed by atoms with Crippen molar-refractivity contribution in [3.8, 4) is 17.4 Å². The molecule has 4 rings (SSSR count). The number of carbonyl (C=O) groups is 1. The zero-order valence-corrected chi connectivity index (χ0v) is 16.0. The van der Waals surface area contributed by atoms with Gasteiger partial charge in [-0.25, -0.2) is 15.0 Å². The van der Waals surface area contributed by atoms with Gasteiger partial charge in [0.1, 0.15) is 24.2 Å². The van der Waals surface area contributed by atoms with Gasteiger partial charge in [0, 0.05) is 23.0 Å². The standard InChI is InChI=1S/C22H19N5O2/c1-15-16(2)27(14-25-15)20-12-21(24-13-23-20)29-19-10-8-18(9-11-19)26-22(28)17-6-4-3-5-7-17/h3-14H,1-2H3,(H,26,28). The first-order chi connectivity index (χ1) is 14.1. The summed E-state index contributed by atoms with van der Waals surface area (Å²) in [6.07, 6.45) is 3.18. The van der Waals surface area contributed by atoms with Gasteiger partial charge in [-0.1, -0.05) is 18.2 Å². The van der Waals surface area contributed by atoms with Crippen molar-refractivity contribution in [1.82, 2.24) is 19.5 Å². The van der Waals surface area contributed by atoms with Crippen LogP contribution >= 0.6 is 0 Å². The molecule has 0 aliphatic heterocycles. The van der Waals surface area contributed by atoms with Crippen LogP contribution in [0.25, 0.3) is 5.82 Å². The molecule has 0 saturated heterocycles. The number of carbonyl (C=O) groups excluding carboxylic acids is 1. The van der Waals surface area contributed by atoms with E-state index in [9.17, 15) is 4.79 Å². The quantitative estimate of drug-likeness (QED) is 0.553. The summed E-state index contributed by atoms with van der Waals surface area (Å²) in [5.74, 6) is 1.54. The summed E-state index contributed by atoms with van der Waals surface area (Å²) in [4.78, 5) is 25.0. The van der Waals surface area contributed by atoms with Crippen molar-refractivity contribution >= 4 is 11.6 Å². The molecule has 0 saturated carbocycles. The molecular weight excluding hydrogens is 366 g/mol. The molecule has 0 radical (unpaired) electrons. The average Bonchev–Trinajstić information content (AvgIpc) is 3.09. The summed E-state index contributed by atoms with van der Waals surface area (Å²) in [6, 6.07) is 17.9. The smallest absolute Gasteiger partial charge is 0.255 e. The number of hydrogen-bond donors (Lipinski definition) is 1. The van der Waals surface area contributed by atoms with Gasteiger partial charge in [-0.05, 0) is 50.2 Å². The maximum Gasteiger partial charge on any atom is 0.255 e. The maximum absolute atomic E-state index is 12.2. The summed E-state index contributed by atoms with van der Waals surface area (Å²) >= 11 is 0. The summed E-state index contributed by atoms with van der Waals surface area (Å²) in [6.45, 7) is 3.93. The summed E-state index contributed by atoms with van der Waals surface area (Å²) in [5, 5.41) is 2.86. The van der Waals surface area contributed by atoms with E-state index in [0.717, 1.165) is 11.4 Å². The number of aryl methyl sites for hydroxylation is 1. The molecule has 1 amide bonds. The van der Waals surface area contributed by atoms with Crippen molar-refractivity contribution in [2.24, 2.45) is 0 Å². The molecular formula is C22H19N5O2. The van der Waals surface area contributed by atoms with E-state index in [0.29, 0.717) is 28.7 Å².